The van der Waals surface area contributed by atoms with Crippen LogP contribution in [0.25, 0.3) is 0 Å². The summed E-state index contributed by atoms with van der Waals surface area (Å²) in [5, 5.41) is 2.84. The van der Waals surface area contributed by atoms with Gasteiger partial charge in [-0.25, -0.2) is 0 Å². The number of amides is 1. The first-order valence-corrected chi connectivity index (χ1v) is 7.39. The number of rotatable bonds is 1. The lowest BCUT2D eigenvalue weighted by Gasteiger charge is -2.05. The molecule has 0 atom stereocenters. The summed E-state index contributed by atoms with van der Waals surface area (Å²) in [6.07, 6.45) is 0. The van der Waals surface area contributed by atoms with Crippen molar-refractivity contribution in [1.29, 1.82) is 0 Å². The third kappa shape index (κ3) is 4.61. The molecule has 0 spiro atoms. The molecule has 0 aliphatic carbocycles. The van der Waals surface area contributed by atoms with Crippen LogP contribution in [-0.4, -0.2) is 25.3 Å². The molecule has 0 bridgehead atoms. The van der Waals surface area contributed by atoms with E-state index in [9.17, 15) is 4.79 Å². The van der Waals surface area contributed by atoms with Crippen LogP contribution >= 0.6 is 11.8 Å². The maximum absolute atomic E-state index is 11.6. The lowest BCUT2D eigenvalue weighted by Crippen LogP contribution is -2.23. The molecule has 102 valence electrons. The van der Waals surface area contributed by atoms with Crippen molar-refractivity contribution in [1.82, 2.24) is 5.32 Å². The zero-order valence-corrected chi connectivity index (χ0v) is 12.7. The molecule has 0 saturated heterocycles. The van der Waals surface area contributed by atoms with E-state index in [0.717, 1.165) is 22.9 Å². The number of methoxy groups -OCH3 is 1. The Morgan fingerprint density at radius 3 is 2.50 bits per heavy atom. The molecule has 18 heavy (non-hydrogen) atoms. The van der Waals surface area contributed by atoms with Crippen LogP contribution in [0, 0.1) is 0 Å². The fourth-order valence-electron chi connectivity index (χ4n) is 1.36. The highest BCUT2D eigenvalue weighted by Crippen LogP contribution is 2.27. The monoisotopic (exact) mass is 269 g/mol. The summed E-state index contributed by atoms with van der Waals surface area (Å²) in [5.41, 5.74) is 0.715. The molecule has 0 aromatic heterocycles. The summed E-state index contributed by atoms with van der Waals surface area (Å²) in [6, 6.07) is 5.59. The van der Waals surface area contributed by atoms with E-state index < -0.39 is 0 Å². The zero-order valence-electron chi connectivity index (χ0n) is 11.9. The van der Waals surface area contributed by atoms with Crippen LogP contribution in [0.5, 0.6) is 5.75 Å². The van der Waals surface area contributed by atoms with E-state index in [1.165, 1.54) is 0 Å². The molecule has 3 nitrogen and oxygen atoms in total. The average Bonchev–Trinajstić information content (AvgIpc) is 2.65. The van der Waals surface area contributed by atoms with Gasteiger partial charge in [-0.2, -0.15) is 0 Å². The lowest BCUT2D eigenvalue weighted by molar-refractivity contribution is 0.0954. The van der Waals surface area contributed by atoms with E-state index in [-0.39, 0.29) is 5.91 Å². The maximum Gasteiger partial charge on any atom is 0.252 e. The Labute approximate surface area is 114 Å². The normalized spacial score (nSPS) is 12.6. The van der Waals surface area contributed by atoms with Crippen LogP contribution in [-0.2, 0) is 0 Å². The summed E-state index contributed by atoms with van der Waals surface area (Å²) >= 11 is 1.69. The molecule has 1 amide bonds. The highest BCUT2D eigenvalue weighted by Gasteiger charge is 2.15. The Balaban J connectivity index is 0.000000659. The third-order valence-electron chi connectivity index (χ3n) is 2.08. The van der Waals surface area contributed by atoms with Crippen molar-refractivity contribution in [2.24, 2.45) is 0 Å². The molecular weight excluding hydrogens is 246 g/mol. The number of fused-ring (bicyclic) bond motifs is 1. The molecule has 1 N–H and O–H groups in total. The van der Waals surface area contributed by atoms with Gasteiger partial charge < -0.3 is 10.1 Å². The van der Waals surface area contributed by atoms with E-state index in [2.05, 4.69) is 5.32 Å². The standard InChI is InChI=1S/C10H11NO2S.2C2H6/c1-13-7-2-3-9-8(6-7)10(12)11-4-5-14-9;2*1-2/h2-3,6H,4-5H2,1H3,(H,11,12);2*1-2H3. The first-order chi connectivity index (χ1) is 8.81. The molecule has 4 heteroatoms. The van der Waals surface area contributed by atoms with Gasteiger partial charge in [0.25, 0.3) is 5.91 Å². The minimum Gasteiger partial charge on any atom is -0.497 e. The minimum absolute atomic E-state index is 0.0103. The van der Waals surface area contributed by atoms with E-state index in [4.69, 9.17) is 4.74 Å². The van der Waals surface area contributed by atoms with E-state index in [1.807, 2.05) is 39.8 Å². The van der Waals surface area contributed by atoms with Crippen molar-refractivity contribution in [2.75, 3.05) is 19.4 Å². The van der Waals surface area contributed by atoms with Crippen LogP contribution in [0.3, 0.4) is 0 Å². The van der Waals surface area contributed by atoms with Gasteiger partial charge in [-0.1, -0.05) is 27.7 Å². The second-order valence-electron chi connectivity index (χ2n) is 2.97. The Kier molecular flexibility index (Phi) is 9.19. The number of benzene rings is 1. The SMILES string of the molecule is CC.CC.COc1ccc2c(c1)C(=O)NCCS2. The van der Waals surface area contributed by atoms with Crippen LogP contribution in [0.15, 0.2) is 23.1 Å². The van der Waals surface area contributed by atoms with Gasteiger partial charge in [0, 0.05) is 17.2 Å². The van der Waals surface area contributed by atoms with Gasteiger partial charge in [-0.15, -0.1) is 11.8 Å². The van der Waals surface area contributed by atoms with Crippen molar-refractivity contribution in [3.05, 3.63) is 23.8 Å². The van der Waals surface area contributed by atoms with Crippen molar-refractivity contribution in [3.63, 3.8) is 0 Å². The van der Waals surface area contributed by atoms with E-state index in [0.29, 0.717) is 5.56 Å². The fraction of sp³-hybridized carbons (Fsp3) is 0.500. The van der Waals surface area contributed by atoms with Crippen molar-refractivity contribution in [2.45, 2.75) is 32.6 Å². The molecule has 1 aliphatic heterocycles. The van der Waals surface area contributed by atoms with Crippen molar-refractivity contribution in [3.8, 4) is 5.75 Å². The van der Waals surface area contributed by atoms with Gasteiger partial charge in [0.1, 0.15) is 5.75 Å². The summed E-state index contributed by atoms with van der Waals surface area (Å²) < 4.78 is 5.08. The highest BCUT2D eigenvalue weighted by molar-refractivity contribution is 7.99. The molecular formula is C14H23NO2S. The summed E-state index contributed by atoms with van der Waals surface area (Å²) in [4.78, 5) is 12.6. The largest absolute Gasteiger partial charge is 0.497 e. The molecule has 0 unspecified atom stereocenters. The van der Waals surface area contributed by atoms with E-state index >= 15 is 0 Å². The zero-order chi connectivity index (χ0) is 14.0. The highest BCUT2D eigenvalue weighted by atomic mass is 32.2. The number of thioether (sulfide) groups is 1. The van der Waals surface area contributed by atoms with E-state index in [1.54, 1.807) is 24.9 Å². The predicted octanol–water partition coefficient (Wildman–Crippen LogP) is 3.58. The molecule has 0 saturated carbocycles. The summed E-state index contributed by atoms with van der Waals surface area (Å²) in [6.45, 7) is 8.72. The number of nitrogens with one attached hydrogen (secondary N) is 1. The van der Waals surface area contributed by atoms with Gasteiger partial charge in [0.2, 0.25) is 0 Å². The second kappa shape index (κ2) is 9.83. The van der Waals surface area contributed by atoms with Crippen LogP contribution in [0.2, 0.25) is 0 Å². The fourth-order valence-corrected chi connectivity index (χ4v) is 2.26. The molecule has 2 rings (SSSR count). The van der Waals surface area contributed by atoms with Crippen molar-refractivity contribution < 1.29 is 9.53 Å². The Hall–Kier alpha value is -1.16. The molecule has 1 aliphatic rings. The Morgan fingerprint density at radius 1 is 1.22 bits per heavy atom. The Bertz CT molecular complexity index is 367. The van der Waals surface area contributed by atoms with Gasteiger partial charge >= 0.3 is 0 Å². The number of ether oxygens (including phenoxy) is 1. The summed E-state index contributed by atoms with van der Waals surface area (Å²) in [7, 11) is 1.60. The van der Waals surface area contributed by atoms with Crippen molar-refractivity contribution >= 4 is 17.7 Å². The van der Waals surface area contributed by atoms with Gasteiger partial charge in [-0.05, 0) is 18.2 Å². The Morgan fingerprint density at radius 2 is 1.89 bits per heavy atom. The molecule has 1 aromatic rings. The third-order valence-corrected chi connectivity index (χ3v) is 3.15. The van der Waals surface area contributed by atoms with Crippen LogP contribution in [0.1, 0.15) is 38.1 Å². The van der Waals surface area contributed by atoms with Crippen LogP contribution < -0.4 is 10.1 Å². The molecule has 0 radical (unpaired) electrons. The first-order valence-electron chi connectivity index (χ1n) is 6.40. The number of hydrogen-bond donors (Lipinski definition) is 1. The van der Waals surface area contributed by atoms with Crippen LogP contribution in [0.4, 0.5) is 0 Å². The maximum atomic E-state index is 11.6. The minimum atomic E-state index is -0.0103. The predicted molar refractivity (Wildman–Crippen MR) is 78.7 cm³/mol. The average molecular weight is 269 g/mol. The number of carbonyl (C=O) groups excluding carboxylic acids is 1. The van der Waals surface area contributed by atoms with Gasteiger partial charge in [0.05, 0.1) is 12.7 Å². The summed E-state index contributed by atoms with van der Waals surface area (Å²) in [5.74, 6) is 1.63. The topological polar surface area (TPSA) is 38.3 Å². The van der Waals surface area contributed by atoms with Gasteiger partial charge in [-0.3, -0.25) is 4.79 Å². The molecule has 0 fully saturated rings. The quantitative estimate of drug-likeness (QED) is 0.847. The first kappa shape index (κ1) is 16.8. The lowest BCUT2D eigenvalue weighted by atomic mass is 10.2. The molecule has 1 heterocycles. The number of carbonyl (C=O) groups is 1. The smallest absolute Gasteiger partial charge is 0.252 e. The van der Waals surface area contributed by atoms with Gasteiger partial charge in [0.15, 0.2) is 0 Å². The number of hydrogen-bond acceptors (Lipinski definition) is 3. The second-order valence-corrected chi connectivity index (χ2v) is 4.10. The molecule has 1 aromatic carbocycles.